The van der Waals surface area contributed by atoms with Gasteiger partial charge >= 0.3 is 0 Å². The second kappa shape index (κ2) is 6.75. The van der Waals surface area contributed by atoms with Crippen molar-refractivity contribution in [2.24, 2.45) is 0 Å². The van der Waals surface area contributed by atoms with Gasteiger partial charge in [-0.2, -0.15) is 0 Å². The van der Waals surface area contributed by atoms with Crippen LogP contribution in [0.25, 0.3) is 0 Å². The third kappa shape index (κ3) is 3.74. The highest BCUT2D eigenvalue weighted by molar-refractivity contribution is 5.91. The van der Waals surface area contributed by atoms with Gasteiger partial charge in [-0.25, -0.2) is 0 Å². The Balaban J connectivity index is 1.55. The van der Waals surface area contributed by atoms with Crippen LogP contribution in [0.3, 0.4) is 0 Å². The van der Waals surface area contributed by atoms with E-state index in [2.05, 4.69) is 39.6 Å². The predicted molar refractivity (Wildman–Crippen MR) is 84.6 cm³/mol. The Kier molecular flexibility index (Phi) is 4.53. The molecule has 0 saturated carbocycles. The van der Waals surface area contributed by atoms with E-state index in [-0.39, 0.29) is 5.91 Å². The zero-order valence-corrected chi connectivity index (χ0v) is 12.8. The van der Waals surface area contributed by atoms with Gasteiger partial charge in [-0.15, -0.1) is 0 Å². The maximum absolute atomic E-state index is 12.1. The van der Waals surface area contributed by atoms with Crippen LogP contribution in [0.1, 0.15) is 24.2 Å². The first kappa shape index (κ1) is 14.8. The average molecular weight is 299 g/mol. The molecule has 0 spiro atoms. The summed E-state index contributed by atoms with van der Waals surface area (Å²) in [6.45, 7) is 3.19. The van der Waals surface area contributed by atoms with Crippen LogP contribution in [0.4, 0.5) is 5.82 Å². The maximum atomic E-state index is 12.1. The summed E-state index contributed by atoms with van der Waals surface area (Å²) < 4.78 is 4.96. The third-order valence-electron chi connectivity index (χ3n) is 4.06. The number of carbonyl (C=O) groups excluding carboxylic acids is 1. The highest BCUT2D eigenvalue weighted by Crippen LogP contribution is 2.21. The number of anilines is 1. The van der Waals surface area contributed by atoms with Crippen molar-refractivity contribution in [1.29, 1.82) is 0 Å². The zero-order valence-electron chi connectivity index (χ0n) is 12.8. The molecular weight excluding hydrogens is 278 g/mol. The molecule has 1 amide bonds. The SMILES string of the molecule is Cc1cc(NC(=O)CN2CCCC2Cc2ccccc2)no1. The highest BCUT2D eigenvalue weighted by atomic mass is 16.5. The fraction of sp³-hybridized carbons (Fsp3) is 0.412. The molecule has 1 saturated heterocycles. The molecule has 1 aromatic carbocycles. The fourth-order valence-corrected chi connectivity index (χ4v) is 3.01. The molecule has 2 heterocycles. The van der Waals surface area contributed by atoms with Crippen LogP contribution in [0.15, 0.2) is 40.9 Å². The first-order chi connectivity index (χ1) is 10.7. The number of likely N-dealkylation sites (tertiary alicyclic amines) is 1. The van der Waals surface area contributed by atoms with Crippen LogP contribution in [0.2, 0.25) is 0 Å². The van der Waals surface area contributed by atoms with Gasteiger partial charge in [0.15, 0.2) is 5.82 Å². The molecule has 1 aliphatic rings. The van der Waals surface area contributed by atoms with E-state index in [1.807, 2.05) is 6.07 Å². The van der Waals surface area contributed by atoms with Crippen molar-refractivity contribution >= 4 is 11.7 Å². The van der Waals surface area contributed by atoms with Crippen LogP contribution >= 0.6 is 0 Å². The van der Waals surface area contributed by atoms with Gasteiger partial charge in [-0.05, 0) is 38.3 Å². The lowest BCUT2D eigenvalue weighted by Gasteiger charge is -2.23. The number of aromatic nitrogens is 1. The predicted octanol–water partition coefficient (Wildman–Crippen LogP) is 2.63. The minimum atomic E-state index is -0.0340. The molecule has 0 aliphatic carbocycles. The molecule has 1 N–H and O–H groups in total. The largest absolute Gasteiger partial charge is 0.360 e. The lowest BCUT2D eigenvalue weighted by molar-refractivity contribution is -0.117. The van der Waals surface area contributed by atoms with Gasteiger partial charge in [-0.1, -0.05) is 35.5 Å². The summed E-state index contributed by atoms with van der Waals surface area (Å²) in [7, 11) is 0. The topological polar surface area (TPSA) is 58.4 Å². The summed E-state index contributed by atoms with van der Waals surface area (Å²) in [5.74, 6) is 1.15. The minimum Gasteiger partial charge on any atom is -0.360 e. The average Bonchev–Trinajstić information content (AvgIpc) is 3.10. The van der Waals surface area contributed by atoms with Gasteiger partial charge in [0.25, 0.3) is 0 Å². The Morgan fingerprint density at radius 2 is 2.23 bits per heavy atom. The second-order valence-electron chi connectivity index (χ2n) is 5.83. The molecule has 22 heavy (non-hydrogen) atoms. The molecule has 1 aromatic heterocycles. The van der Waals surface area contributed by atoms with E-state index in [9.17, 15) is 4.79 Å². The van der Waals surface area contributed by atoms with Gasteiger partial charge in [-0.3, -0.25) is 9.69 Å². The highest BCUT2D eigenvalue weighted by Gasteiger charge is 2.26. The zero-order chi connectivity index (χ0) is 15.4. The van der Waals surface area contributed by atoms with Crippen molar-refractivity contribution in [3.8, 4) is 0 Å². The van der Waals surface area contributed by atoms with Crippen molar-refractivity contribution in [3.05, 3.63) is 47.7 Å². The molecule has 5 nitrogen and oxygen atoms in total. The van der Waals surface area contributed by atoms with E-state index >= 15 is 0 Å². The first-order valence-electron chi connectivity index (χ1n) is 7.72. The molecule has 1 aliphatic heterocycles. The van der Waals surface area contributed by atoms with Crippen LogP contribution in [-0.4, -0.2) is 35.1 Å². The summed E-state index contributed by atoms with van der Waals surface area (Å²) >= 11 is 0. The number of aryl methyl sites for hydroxylation is 1. The molecule has 2 aromatic rings. The van der Waals surface area contributed by atoms with Gasteiger partial charge in [0.2, 0.25) is 5.91 Å². The lowest BCUT2D eigenvalue weighted by atomic mass is 10.0. The number of hydrogen-bond donors (Lipinski definition) is 1. The van der Waals surface area contributed by atoms with Crippen molar-refractivity contribution in [2.45, 2.75) is 32.2 Å². The van der Waals surface area contributed by atoms with Gasteiger partial charge in [0.05, 0.1) is 6.54 Å². The Hall–Kier alpha value is -2.14. The standard InChI is InChI=1S/C17H21N3O2/c1-13-10-16(19-22-13)18-17(21)12-20-9-5-8-15(20)11-14-6-3-2-4-7-14/h2-4,6-7,10,15H,5,8-9,11-12H2,1H3,(H,18,19,21). The van der Waals surface area contributed by atoms with Crippen molar-refractivity contribution < 1.29 is 9.32 Å². The lowest BCUT2D eigenvalue weighted by Crippen LogP contribution is -2.37. The summed E-state index contributed by atoms with van der Waals surface area (Å²) in [5, 5.41) is 6.58. The Labute approximate surface area is 130 Å². The van der Waals surface area contributed by atoms with Gasteiger partial charge < -0.3 is 9.84 Å². The van der Waals surface area contributed by atoms with E-state index < -0.39 is 0 Å². The molecule has 5 heteroatoms. The molecular formula is C17H21N3O2. The Bertz CT molecular complexity index is 624. The monoisotopic (exact) mass is 299 g/mol. The molecule has 0 radical (unpaired) electrons. The van der Waals surface area contributed by atoms with Crippen LogP contribution in [0.5, 0.6) is 0 Å². The maximum Gasteiger partial charge on any atom is 0.239 e. The molecule has 3 rings (SSSR count). The first-order valence-corrected chi connectivity index (χ1v) is 7.72. The number of benzene rings is 1. The third-order valence-corrected chi connectivity index (χ3v) is 4.06. The summed E-state index contributed by atoms with van der Waals surface area (Å²) in [6, 6.07) is 12.6. The number of amides is 1. The van der Waals surface area contributed by atoms with Crippen molar-refractivity contribution in [2.75, 3.05) is 18.4 Å². The van der Waals surface area contributed by atoms with Crippen molar-refractivity contribution in [1.82, 2.24) is 10.1 Å². The normalized spacial score (nSPS) is 18.5. The molecule has 1 atom stereocenters. The summed E-state index contributed by atoms with van der Waals surface area (Å²) in [4.78, 5) is 14.4. The van der Waals surface area contributed by atoms with E-state index in [1.165, 1.54) is 5.56 Å². The van der Waals surface area contributed by atoms with E-state index in [1.54, 1.807) is 13.0 Å². The van der Waals surface area contributed by atoms with Gasteiger partial charge in [0.1, 0.15) is 5.76 Å². The van der Waals surface area contributed by atoms with E-state index in [4.69, 9.17) is 4.52 Å². The number of hydrogen-bond acceptors (Lipinski definition) is 4. The second-order valence-corrected chi connectivity index (χ2v) is 5.83. The van der Waals surface area contributed by atoms with Crippen LogP contribution in [-0.2, 0) is 11.2 Å². The number of carbonyl (C=O) groups is 1. The molecule has 116 valence electrons. The van der Waals surface area contributed by atoms with E-state index in [0.717, 1.165) is 25.8 Å². The quantitative estimate of drug-likeness (QED) is 0.922. The Morgan fingerprint density at radius 3 is 2.95 bits per heavy atom. The van der Waals surface area contributed by atoms with E-state index in [0.29, 0.717) is 24.2 Å². The van der Waals surface area contributed by atoms with Gasteiger partial charge in [0, 0.05) is 12.1 Å². The number of nitrogens with zero attached hydrogens (tertiary/aromatic N) is 2. The molecule has 1 fully saturated rings. The smallest absolute Gasteiger partial charge is 0.239 e. The van der Waals surface area contributed by atoms with Crippen LogP contribution in [0, 0.1) is 6.92 Å². The number of nitrogens with one attached hydrogen (secondary N) is 1. The Morgan fingerprint density at radius 1 is 1.41 bits per heavy atom. The van der Waals surface area contributed by atoms with Crippen molar-refractivity contribution in [3.63, 3.8) is 0 Å². The van der Waals surface area contributed by atoms with Crippen LogP contribution < -0.4 is 5.32 Å². The molecule has 1 unspecified atom stereocenters. The summed E-state index contributed by atoms with van der Waals surface area (Å²) in [5.41, 5.74) is 1.33. The summed E-state index contributed by atoms with van der Waals surface area (Å²) in [6.07, 6.45) is 3.29. The molecule has 0 bridgehead atoms. The minimum absolute atomic E-state index is 0.0340. The number of rotatable bonds is 5. The fourth-order valence-electron chi connectivity index (χ4n) is 3.01.